The lowest BCUT2D eigenvalue weighted by Crippen LogP contribution is -2.34. The van der Waals surface area contributed by atoms with Gasteiger partial charge in [-0.25, -0.2) is 4.98 Å². The largest absolute Gasteiger partial charge is 0.295 e. The number of pyridine rings is 1. The first kappa shape index (κ1) is 13.4. The van der Waals surface area contributed by atoms with Crippen molar-refractivity contribution in [3.8, 4) is 0 Å². The minimum absolute atomic E-state index is 0.491. The third kappa shape index (κ3) is 2.80. The smallest absolute Gasteiger partial charge is 0.129 e. The van der Waals surface area contributed by atoms with E-state index in [0.717, 1.165) is 12.6 Å². The molecule has 3 heteroatoms. The Balaban J connectivity index is 1.75. The molecule has 1 saturated carbocycles. The highest BCUT2D eigenvalue weighted by Crippen LogP contribution is 2.52. The standard InChI is InChI=1S/C16H23ClN2/c1-15(2)6-13-7-16(3,10-15)11-19(13)9-12-4-5-14(17)18-8-12/h4-5,8,13H,6-7,9-11H2,1-3H3/t13-,16+/m0/s1. The molecule has 2 bridgehead atoms. The van der Waals surface area contributed by atoms with Gasteiger partial charge in [-0.1, -0.05) is 38.4 Å². The number of aromatic nitrogens is 1. The molecular formula is C16H23ClN2. The van der Waals surface area contributed by atoms with E-state index in [9.17, 15) is 0 Å². The average molecular weight is 279 g/mol. The van der Waals surface area contributed by atoms with Crippen molar-refractivity contribution in [1.82, 2.24) is 9.88 Å². The van der Waals surface area contributed by atoms with E-state index in [0.29, 0.717) is 16.0 Å². The predicted molar refractivity (Wildman–Crippen MR) is 79.2 cm³/mol. The summed E-state index contributed by atoms with van der Waals surface area (Å²) in [5.74, 6) is 0. The van der Waals surface area contributed by atoms with Crippen LogP contribution in [0.5, 0.6) is 0 Å². The predicted octanol–water partition coefficient (Wildman–Crippen LogP) is 4.14. The van der Waals surface area contributed by atoms with Crippen LogP contribution in [0, 0.1) is 10.8 Å². The SMILES string of the molecule is CC1(C)C[C@H]2C[C@@](C)(CN2Cc2ccc(Cl)nc2)C1. The zero-order chi connectivity index (χ0) is 13.7. The Kier molecular flexibility index (Phi) is 3.14. The molecule has 0 amide bonds. The summed E-state index contributed by atoms with van der Waals surface area (Å²) >= 11 is 5.85. The van der Waals surface area contributed by atoms with Crippen molar-refractivity contribution in [1.29, 1.82) is 0 Å². The maximum absolute atomic E-state index is 5.85. The van der Waals surface area contributed by atoms with Crippen molar-refractivity contribution in [3.05, 3.63) is 29.0 Å². The highest BCUT2D eigenvalue weighted by Gasteiger charge is 2.49. The van der Waals surface area contributed by atoms with Crippen molar-refractivity contribution in [2.24, 2.45) is 10.8 Å². The van der Waals surface area contributed by atoms with Crippen molar-refractivity contribution in [2.75, 3.05) is 6.54 Å². The molecule has 3 rings (SSSR count). The summed E-state index contributed by atoms with van der Waals surface area (Å²) in [6.07, 6.45) is 5.95. The lowest BCUT2D eigenvalue weighted by molar-refractivity contribution is 0.126. The third-order valence-corrected chi connectivity index (χ3v) is 4.92. The summed E-state index contributed by atoms with van der Waals surface area (Å²) in [5.41, 5.74) is 2.27. The molecule has 1 saturated heterocycles. The van der Waals surface area contributed by atoms with Gasteiger partial charge < -0.3 is 0 Å². The molecule has 104 valence electrons. The van der Waals surface area contributed by atoms with Crippen molar-refractivity contribution in [3.63, 3.8) is 0 Å². The fourth-order valence-corrected chi connectivity index (χ4v) is 4.61. The number of rotatable bonds is 2. The minimum atomic E-state index is 0.491. The highest BCUT2D eigenvalue weighted by atomic mass is 35.5. The lowest BCUT2D eigenvalue weighted by atomic mass is 9.65. The first-order valence-corrected chi connectivity index (χ1v) is 7.58. The van der Waals surface area contributed by atoms with Crippen molar-refractivity contribution < 1.29 is 0 Å². The van der Waals surface area contributed by atoms with E-state index in [-0.39, 0.29) is 0 Å². The van der Waals surface area contributed by atoms with Gasteiger partial charge in [-0.15, -0.1) is 0 Å². The molecule has 1 aliphatic carbocycles. The van der Waals surface area contributed by atoms with Gasteiger partial charge in [-0.3, -0.25) is 4.90 Å². The molecule has 2 aliphatic rings. The molecular weight excluding hydrogens is 256 g/mol. The summed E-state index contributed by atoms with van der Waals surface area (Å²) in [5, 5.41) is 0.581. The Bertz CT molecular complexity index is 468. The van der Waals surface area contributed by atoms with Gasteiger partial charge in [-0.2, -0.15) is 0 Å². The fraction of sp³-hybridized carbons (Fsp3) is 0.688. The van der Waals surface area contributed by atoms with Crippen LogP contribution in [0.2, 0.25) is 5.15 Å². The van der Waals surface area contributed by atoms with Gasteiger partial charge in [0.1, 0.15) is 5.15 Å². The molecule has 2 nitrogen and oxygen atoms in total. The molecule has 0 N–H and O–H groups in total. The summed E-state index contributed by atoms with van der Waals surface area (Å²) in [7, 11) is 0. The van der Waals surface area contributed by atoms with Gasteiger partial charge in [-0.05, 0) is 41.7 Å². The Hall–Kier alpha value is -0.600. The van der Waals surface area contributed by atoms with Gasteiger partial charge in [0.05, 0.1) is 0 Å². The minimum Gasteiger partial charge on any atom is -0.295 e. The maximum atomic E-state index is 5.85. The monoisotopic (exact) mass is 278 g/mol. The second kappa shape index (κ2) is 4.46. The van der Waals surface area contributed by atoms with Crippen LogP contribution in [0.3, 0.4) is 0 Å². The number of hydrogen-bond acceptors (Lipinski definition) is 2. The number of likely N-dealkylation sites (tertiary alicyclic amines) is 1. The van der Waals surface area contributed by atoms with Crippen molar-refractivity contribution >= 4 is 11.6 Å². The van der Waals surface area contributed by atoms with Gasteiger partial charge in [0.25, 0.3) is 0 Å². The van der Waals surface area contributed by atoms with E-state index in [1.165, 1.54) is 31.4 Å². The zero-order valence-corrected chi connectivity index (χ0v) is 12.9. The Labute approximate surface area is 121 Å². The Morgan fingerprint density at radius 3 is 2.79 bits per heavy atom. The molecule has 2 atom stereocenters. The first-order valence-electron chi connectivity index (χ1n) is 7.20. The summed E-state index contributed by atoms with van der Waals surface area (Å²) < 4.78 is 0. The van der Waals surface area contributed by atoms with E-state index < -0.39 is 0 Å². The van der Waals surface area contributed by atoms with E-state index in [1.807, 2.05) is 12.3 Å². The lowest BCUT2D eigenvalue weighted by Gasteiger charge is -2.39. The normalized spacial score (nSPS) is 33.6. The van der Waals surface area contributed by atoms with E-state index >= 15 is 0 Å². The van der Waals surface area contributed by atoms with Crippen molar-refractivity contribution in [2.45, 2.75) is 52.6 Å². The number of hydrogen-bond donors (Lipinski definition) is 0. The average Bonchev–Trinajstić information content (AvgIpc) is 2.51. The maximum Gasteiger partial charge on any atom is 0.129 e. The van der Waals surface area contributed by atoms with E-state index in [1.54, 1.807) is 0 Å². The number of nitrogens with zero attached hydrogens (tertiary/aromatic N) is 2. The molecule has 0 spiro atoms. The van der Waals surface area contributed by atoms with Crippen LogP contribution < -0.4 is 0 Å². The topological polar surface area (TPSA) is 16.1 Å². The Morgan fingerprint density at radius 1 is 1.32 bits per heavy atom. The highest BCUT2D eigenvalue weighted by molar-refractivity contribution is 6.29. The Morgan fingerprint density at radius 2 is 2.11 bits per heavy atom. The molecule has 2 fully saturated rings. The van der Waals surface area contributed by atoms with Crippen LogP contribution >= 0.6 is 11.6 Å². The van der Waals surface area contributed by atoms with Crippen LogP contribution in [-0.2, 0) is 6.54 Å². The summed E-state index contributed by atoms with van der Waals surface area (Å²) in [6.45, 7) is 9.54. The van der Waals surface area contributed by atoms with Gasteiger partial charge >= 0.3 is 0 Å². The zero-order valence-electron chi connectivity index (χ0n) is 12.1. The van der Waals surface area contributed by atoms with Crippen LogP contribution in [0.15, 0.2) is 18.3 Å². The molecule has 1 aromatic heterocycles. The quantitative estimate of drug-likeness (QED) is 0.756. The summed E-state index contributed by atoms with van der Waals surface area (Å²) in [6, 6.07) is 4.74. The molecule has 0 unspecified atom stereocenters. The molecule has 1 aromatic rings. The number of halogens is 1. The molecule has 1 aliphatic heterocycles. The van der Waals surface area contributed by atoms with Crippen LogP contribution in [0.25, 0.3) is 0 Å². The van der Waals surface area contributed by atoms with Gasteiger partial charge in [0.2, 0.25) is 0 Å². The molecule has 0 radical (unpaired) electrons. The van der Waals surface area contributed by atoms with E-state index in [2.05, 4.69) is 36.7 Å². The van der Waals surface area contributed by atoms with Gasteiger partial charge in [0, 0.05) is 25.3 Å². The van der Waals surface area contributed by atoms with Crippen LogP contribution in [0.1, 0.15) is 45.6 Å². The molecule has 2 heterocycles. The van der Waals surface area contributed by atoms with Crippen LogP contribution in [-0.4, -0.2) is 22.5 Å². The fourth-order valence-electron chi connectivity index (χ4n) is 4.50. The van der Waals surface area contributed by atoms with E-state index in [4.69, 9.17) is 11.6 Å². The molecule has 0 aromatic carbocycles. The second-order valence-corrected chi connectivity index (χ2v) is 8.00. The van der Waals surface area contributed by atoms with Gasteiger partial charge in [0.15, 0.2) is 0 Å². The first-order chi connectivity index (χ1) is 8.85. The van der Waals surface area contributed by atoms with Crippen LogP contribution in [0.4, 0.5) is 0 Å². The third-order valence-electron chi connectivity index (χ3n) is 4.70. The summed E-state index contributed by atoms with van der Waals surface area (Å²) in [4.78, 5) is 6.84. The molecule has 19 heavy (non-hydrogen) atoms. The number of fused-ring (bicyclic) bond motifs is 2. The second-order valence-electron chi connectivity index (χ2n) is 7.61.